The minimum Gasteiger partial charge on any atom is -0.495 e. The zero-order valence-corrected chi connectivity index (χ0v) is 15.4. The highest BCUT2D eigenvalue weighted by molar-refractivity contribution is 6.30. The normalized spacial score (nSPS) is 21.1. The van der Waals surface area contributed by atoms with Gasteiger partial charge in [-0.1, -0.05) is 42.7 Å². The van der Waals surface area contributed by atoms with E-state index in [4.69, 9.17) is 21.4 Å². The summed E-state index contributed by atoms with van der Waals surface area (Å²) in [5.41, 5.74) is 5.22. The molecule has 3 N–H and O–H groups in total. The van der Waals surface area contributed by atoms with E-state index in [1.54, 1.807) is 0 Å². The van der Waals surface area contributed by atoms with Crippen molar-refractivity contribution in [3.63, 3.8) is 0 Å². The molecule has 1 aromatic rings. The average molecular weight is 365 g/mol. The Bertz CT molecular complexity index is 720. The fourth-order valence-corrected chi connectivity index (χ4v) is 3.90. The maximum Gasteiger partial charge on any atom is 0.116 e. The van der Waals surface area contributed by atoms with Crippen molar-refractivity contribution in [3.8, 4) is 0 Å². The number of aliphatic hydroxyl groups excluding tert-OH is 3. The summed E-state index contributed by atoms with van der Waals surface area (Å²) in [6, 6.07) is 6.08. The zero-order valence-electron chi connectivity index (χ0n) is 14.6. The SMILES string of the molecule is CC1(C)C=C(OC[C@@H](O)[C@H](O)CO)CC2=C1Cc1cc(Cl)ccc1C2. The third-order valence-corrected chi connectivity index (χ3v) is 5.36. The van der Waals surface area contributed by atoms with E-state index in [0.717, 1.165) is 23.6 Å². The maximum atomic E-state index is 9.78. The molecule has 136 valence electrons. The van der Waals surface area contributed by atoms with Crippen LogP contribution in [-0.2, 0) is 17.6 Å². The summed E-state index contributed by atoms with van der Waals surface area (Å²) in [6.07, 6.45) is 2.31. The number of ether oxygens (including phenoxy) is 1. The molecule has 0 aliphatic heterocycles. The second kappa shape index (κ2) is 7.12. The van der Waals surface area contributed by atoms with Crippen LogP contribution in [0.25, 0.3) is 0 Å². The highest BCUT2D eigenvalue weighted by Crippen LogP contribution is 2.44. The van der Waals surface area contributed by atoms with E-state index in [1.165, 1.54) is 22.3 Å². The van der Waals surface area contributed by atoms with Crippen molar-refractivity contribution in [2.45, 2.75) is 45.3 Å². The smallest absolute Gasteiger partial charge is 0.116 e. The monoisotopic (exact) mass is 364 g/mol. The predicted octanol–water partition coefficient (Wildman–Crippen LogP) is 2.78. The first-order chi connectivity index (χ1) is 11.8. The highest BCUT2D eigenvalue weighted by atomic mass is 35.5. The summed E-state index contributed by atoms with van der Waals surface area (Å²) in [5.74, 6) is 0.811. The number of hydrogen-bond acceptors (Lipinski definition) is 4. The molecular formula is C20H25ClO4. The Kier molecular flexibility index (Phi) is 5.26. The summed E-state index contributed by atoms with van der Waals surface area (Å²) in [4.78, 5) is 0. The van der Waals surface area contributed by atoms with Crippen LogP contribution in [0.4, 0.5) is 0 Å². The van der Waals surface area contributed by atoms with Crippen LogP contribution in [0.1, 0.15) is 31.4 Å². The molecule has 0 amide bonds. The quantitative estimate of drug-likeness (QED) is 0.703. The molecule has 25 heavy (non-hydrogen) atoms. The maximum absolute atomic E-state index is 9.78. The number of allylic oxidation sites excluding steroid dienone is 3. The van der Waals surface area contributed by atoms with E-state index in [2.05, 4.69) is 32.1 Å². The molecule has 2 aliphatic rings. The Morgan fingerprint density at radius 1 is 1.12 bits per heavy atom. The van der Waals surface area contributed by atoms with Crippen molar-refractivity contribution >= 4 is 11.6 Å². The largest absolute Gasteiger partial charge is 0.495 e. The lowest BCUT2D eigenvalue weighted by Crippen LogP contribution is -2.33. The molecule has 0 spiro atoms. The molecule has 5 heteroatoms. The van der Waals surface area contributed by atoms with Crippen LogP contribution >= 0.6 is 11.6 Å². The third-order valence-electron chi connectivity index (χ3n) is 5.12. The standard InChI is InChI=1S/C20H25ClO4/c1-20(2)9-16(25-11-19(24)18(23)10-22)7-14-5-12-3-4-15(21)6-13(12)8-17(14)20/h3-4,6,9,18-19,22-24H,5,7-8,10-11H2,1-2H3/t18-,19-/m1/s1. The molecule has 4 nitrogen and oxygen atoms in total. The number of benzene rings is 1. The van der Waals surface area contributed by atoms with E-state index < -0.39 is 18.8 Å². The second-order valence-electron chi connectivity index (χ2n) is 7.49. The molecule has 0 heterocycles. The first-order valence-electron chi connectivity index (χ1n) is 8.60. The van der Waals surface area contributed by atoms with Gasteiger partial charge < -0.3 is 20.1 Å². The molecule has 0 unspecified atom stereocenters. The molecule has 0 fully saturated rings. The van der Waals surface area contributed by atoms with Crippen molar-refractivity contribution in [1.29, 1.82) is 0 Å². The number of aliphatic hydroxyl groups is 3. The molecule has 2 atom stereocenters. The van der Waals surface area contributed by atoms with Gasteiger partial charge in [0.15, 0.2) is 0 Å². The molecule has 0 aromatic heterocycles. The van der Waals surface area contributed by atoms with Crippen LogP contribution in [0, 0.1) is 5.41 Å². The van der Waals surface area contributed by atoms with Crippen LogP contribution in [0.2, 0.25) is 5.02 Å². The fraction of sp³-hybridized carbons (Fsp3) is 0.500. The number of halogens is 1. The third kappa shape index (κ3) is 3.93. The zero-order chi connectivity index (χ0) is 18.2. The topological polar surface area (TPSA) is 69.9 Å². The van der Waals surface area contributed by atoms with Crippen molar-refractivity contribution in [2.24, 2.45) is 5.41 Å². The lowest BCUT2D eigenvalue weighted by atomic mass is 9.69. The Morgan fingerprint density at radius 2 is 1.88 bits per heavy atom. The second-order valence-corrected chi connectivity index (χ2v) is 7.92. The predicted molar refractivity (Wildman–Crippen MR) is 97.4 cm³/mol. The number of hydrogen-bond donors (Lipinski definition) is 3. The minimum absolute atomic E-state index is 0.0293. The minimum atomic E-state index is -1.18. The molecule has 0 saturated heterocycles. The molecule has 2 aliphatic carbocycles. The van der Waals surface area contributed by atoms with Crippen LogP contribution < -0.4 is 0 Å². The van der Waals surface area contributed by atoms with Crippen LogP contribution in [-0.4, -0.2) is 40.7 Å². The van der Waals surface area contributed by atoms with Crippen molar-refractivity contribution in [1.82, 2.24) is 0 Å². The van der Waals surface area contributed by atoms with Crippen molar-refractivity contribution in [3.05, 3.63) is 57.3 Å². The van der Waals surface area contributed by atoms with E-state index >= 15 is 0 Å². The van der Waals surface area contributed by atoms with Gasteiger partial charge >= 0.3 is 0 Å². The Morgan fingerprint density at radius 3 is 2.60 bits per heavy atom. The van der Waals surface area contributed by atoms with E-state index in [9.17, 15) is 10.2 Å². The van der Waals surface area contributed by atoms with Crippen molar-refractivity contribution < 1.29 is 20.1 Å². The molecule has 0 radical (unpaired) electrons. The van der Waals surface area contributed by atoms with Gasteiger partial charge in [0.05, 0.1) is 12.4 Å². The Labute approximate surface area is 153 Å². The van der Waals surface area contributed by atoms with E-state index in [0.29, 0.717) is 6.42 Å². The first-order valence-corrected chi connectivity index (χ1v) is 8.98. The lowest BCUT2D eigenvalue weighted by molar-refractivity contribution is -0.0461. The number of fused-ring (bicyclic) bond motifs is 1. The highest BCUT2D eigenvalue weighted by Gasteiger charge is 2.33. The van der Waals surface area contributed by atoms with Gasteiger partial charge in [-0.15, -0.1) is 0 Å². The molecule has 0 saturated carbocycles. The van der Waals surface area contributed by atoms with Crippen molar-refractivity contribution in [2.75, 3.05) is 13.2 Å². The summed E-state index contributed by atoms with van der Waals surface area (Å²) < 4.78 is 5.74. The van der Waals surface area contributed by atoms with Crippen LogP contribution in [0.3, 0.4) is 0 Å². The first kappa shape index (κ1) is 18.5. The van der Waals surface area contributed by atoms with Gasteiger partial charge in [-0.3, -0.25) is 0 Å². The summed E-state index contributed by atoms with van der Waals surface area (Å²) >= 11 is 6.14. The van der Waals surface area contributed by atoms with Gasteiger partial charge in [-0.05, 0) is 42.2 Å². The molecule has 1 aromatic carbocycles. The Balaban J connectivity index is 1.75. The summed E-state index contributed by atoms with van der Waals surface area (Å²) in [6.45, 7) is 3.82. The van der Waals surface area contributed by atoms with Gasteiger partial charge in [0, 0.05) is 16.9 Å². The molecular weight excluding hydrogens is 340 g/mol. The van der Waals surface area contributed by atoms with Gasteiger partial charge in [0.25, 0.3) is 0 Å². The average Bonchev–Trinajstić information content (AvgIpc) is 2.57. The Hall–Kier alpha value is -1.33. The van der Waals surface area contributed by atoms with Crippen LogP contribution in [0.5, 0.6) is 0 Å². The van der Waals surface area contributed by atoms with Gasteiger partial charge in [0.2, 0.25) is 0 Å². The van der Waals surface area contributed by atoms with Gasteiger partial charge in [-0.2, -0.15) is 0 Å². The summed E-state index contributed by atoms with van der Waals surface area (Å²) in [7, 11) is 0. The lowest BCUT2D eigenvalue weighted by Gasteiger charge is -2.37. The van der Waals surface area contributed by atoms with Crippen LogP contribution in [0.15, 0.2) is 41.2 Å². The number of rotatable bonds is 5. The van der Waals surface area contributed by atoms with Gasteiger partial charge in [0.1, 0.15) is 18.8 Å². The summed E-state index contributed by atoms with van der Waals surface area (Å²) in [5, 5.41) is 28.9. The van der Waals surface area contributed by atoms with Gasteiger partial charge in [-0.25, -0.2) is 0 Å². The molecule has 0 bridgehead atoms. The molecule has 3 rings (SSSR count). The fourth-order valence-electron chi connectivity index (χ4n) is 3.70. The van der Waals surface area contributed by atoms with E-state index in [1.807, 2.05) is 6.07 Å². The van der Waals surface area contributed by atoms with E-state index in [-0.39, 0.29) is 12.0 Å².